The number of aliphatic hydroxyl groups excluding tert-OH is 1. The van der Waals surface area contributed by atoms with Crippen molar-refractivity contribution in [2.45, 2.75) is 6.10 Å². The van der Waals surface area contributed by atoms with Gasteiger partial charge in [0, 0.05) is 0 Å². The average Bonchev–Trinajstić information content (AvgIpc) is 2.60. The number of hydrogen-bond acceptors (Lipinski definition) is 4. The van der Waals surface area contributed by atoms with Gasteiger partial charge in [0.2, 0.25) is 0 Å². The van der Waals surface area contributed by atoms with Gasteiger partial charge in [-0.05, 0) is 48.5 Å². The van der Waals surface area contributed by atoms with Gasteiger partial charge in [0.25, 0.3) is 0 Å². The van der Waals surface area contributed by atoms with Gasteiger partial charge in [0.05, 0.1) is 5.88 Å². The summed E-state index contributed by atoms with van der Waals surface area (Å²) < 4.78 is 16.4. The van der Waals surface area contributed by atoms with E-state index in [0.29, 0.717) is 23.0 Å². The molecule has 1 N–H and O–H groups in total. The molecule has 0 heterocycles. The molecule has 2 aromatic carbocycles. The molecule has 0 spiro atoms. The molecule has 0 aromatic heterocycles. The molecule has 0 bridgehead atoms. The van der Waals surface area contributed by atoms with Gasteiger partial charge < -0.3 is 19.3 Å². The van der Waals surface area contributed by atoms with Crippen molar-refractivity contribution < 1.29 is 19.3 Å². The fraction of sp³-hybridized carbons (Fsp3) is 0.222. The summed E-state index contributed by atoms with van der Waals surface area (Å²) >= 11 is 5.50. The summed E-state index contributed by atoms with van der Waals surface area (Å²) in [6.45, 7) is 0.392. The Kier molecular flexibility index (Phi) is 6.61. The molecule has 0 fully saturated rings. The number of benzene rings is 2. The summed E-state index contributed by atoms with van der Waals surface area (Å²) in [4.78, 5) is 0. The predicted octanol–water partition coefficient (Wildman–Crippen LogP) is 3.47. The van der Waals surface area contributed by atoms with E-state index in [-0.39, 0.29) is 19.1 Å². The number of alkyl halides is 1. The van der Waals surface area contributed by atoms with Crippen molar-refractivity contribution in [3.8, 4) is 35.3 Å². The third-order valence-corrected chi connectivity index (χ3v) is 3.18. The summed E-state index contributed by atoms with van der Waals surface area (Å²) in [6.07, 6.45) is 4.46. The smallest absolute Gasteiger partial charge is 0.148 e. The zero-order chi connectivity index (χ0) is 16.5. The van der Waals surface area contributed by atoms with E-state index in [2.05, 4.69) is 5.92 Å². The molecule has 5 heteroatoms. The van der Waals surface area contributed by atoms with E-state index < -0.39 is 6.10 Å². The first-order valence-corrected chi connectivity index (χ1v) is 7.56. The quantitative estimate of drug-likeness (QED) is 0.594. The van der Waals surface area contributed by atoms with Gasteiger partial charge in [-0.1, -0.05) is 5.92 Å². The molecule has 0 aliphatic rings. The summed E-state index contributed by atoms with van der Waals surface area (Å²) in [5, 5.41) is 9.34. The Labute approximate surface area is 140 Å². The molecule has 2 aromatic rings. The maximum absolute atomic E-state index is 9.34. The fourth-order valence-electron chi connectivity index (χ4n) is 1.71. The lowest BCUT2D eigenvalue weighted by atomic mass is 10.3. The van der Waals surface area contributed by atoms with Crippen LogP contribution in [0.5, 0.6) is 23.0 Å². The minimum atomic E-state index is -0.678. The Bertz CT molecular complexity index is 632. The SMILES string of the molecule is C#CCOc1ccc(Oc2ccc(OCC(O)CCl)cc2)cc1. The molecule has 2 rings (SSSR count). The lowest BCUT2D eigenvalue weighted by Gasteiger charge is -2.11. The molecule has 1 unspecified atom stereocenters. The van der Waals surface area contributed by atoms with Gasteiger partial charge in [-0.25, -0.2) is 0 Å². The van der Waals surface area contributed by atoms with Gasteiger partial charge in [-0.15, -0.1) is 18.0 Å². The summed E-state index contributed by atoms with van der Waals surface area (Å²) in [6, 6.07) is 14.3. The standard InChI is InChI=1S/C18H17ClO4/c1-2-11-21-15-3-7-17(8-4-15)23-18-9-5-16(6-10-18)22-13-14(20)12-19/h1,3-10,14,20H,11-13H2. The van der Waals surface area contributed by atoms with Crippen LogP contribution in [0, 0.1) is 12.3 Å². The second-order valence-electron chi connectivity index (χ2n) is 4.66. The van der Waals surface area contributed by atoms with Crippen LogP contribution in [0.3, 0.4) is 0 Å². The number of terminal acetylenes is 1. The van der Waals surface area contributed by atoms with Crippen molar-refractivity contribution in [3.05, 3.63) is 48.5 Å². The van der Waals surface area contributed by atoms with E-state index in [0.717, 1.165) is 0 Å². The molecule has 0 aliphatic carbocycles. The van der Waals surface area contributed by atoms with E-state index in [4.69, 9.17) is 32.2 Å². The van der Waals surface area contributed by atoms with Crippen LogP contribution in [0.4, 0.5) is 0 Å². The van der Waals surface area contributed by atoms with Crippen molar-refractivity contribution in [3.63, 3.8) is 0 Å². The first-order valence-electron chi connectivity index (χ1n) is 7.02. The van der Waals surface area contributed by atoms with Crippen LogP contribution in [0.1, 0.15) is 0 Å². The van der Waals surface area contributed by atoms with Crippen LogP contribution in [-0.2, 0) is 0 Å². The molecule has 0 radical (unpaired) electrons. The lowest BCUT2D eigenvalue weighted by molar-refractivity contribution is 0.125. The highest BCUT2D eigenvalue weighted by atomic mass is 35.5. The molecular formula is C18H17ClO4. The van der Waals surface area contributed by atoms with Gasteiger partial charge in [-0.2, -0.15) is 0 Å². The fourth-order valence-corrected chi connectivity index (χ4v) is 1.79. The Morgan fingerprint density at radius 2 is 1.39 bits per heavy atom. The van der Waals surface area contributed by atoms with E-state index in [9.17, 15) is 5.11 Å². The van der Waals surface area contributed by atoms with Crippen molar-refractivity contribution in [2.75, 3.05) is 19.1 Å². The molecule has 23 heavy (non-hydrogen) atoms. The third-order valence-electron chi connectivity index (χ3n) is 2.83. The Morgan fingerprint density at radius 3 is 1.87 bits per heavy atom. The van der Waals surface area contributed by atoms with Crippen molar-refractivity contribution in [1.82, 2.24) is 0 Å². The maximum atomic E-state index is 9.34. The van der Waals surface area contributed by atoms with Crippen LogP contribution in [0.25, 0.3) is 0 Å². The molecule has 0 saturated heterocycles. The second-order valence-corrected chi connectivity index (χ2v) is 4.97. The minimum absolute atomic E-state index is 0.141. The highest BCUT2D eigenvalue weighted by Gasteiger charge is 2.04. The number of hydrogen-bond donors (Lipinski definition) is 1. The zero-order valence-electron chi connectivity index (χ0n) is 12.4. The van der Waals surface area contributed by atoms with Crippen molar-refractivity contribution >= 4 is 11.6 Å². The molecule has 1 atom stereocenters. The van der Waals surface area contributed by atoms with Gasteiger partial charge in [0.15, 0.2) is 0 Å². The summed E-state index contributed by atoms with van der Waals surface area (Å²) in [7, 11) is 0. The summed E-state index contributed by atoms with van der Waals surface area (Å²) in [5.74, 6) is 5.24. The van der Waals surface area contributed by atoms with E-state index in [1.807, 2.05) is 0 Å². The monoisotopic (exact) mass is 332 g/mol. The Hall–Kier alpha value is -2.35. The Morgan fingerprint density at radius 1 is 0.913 bits per heavy atom. The molecular weight excluding hydrogens is 316 g/mol. The van der Waals surface area contributed by atoms with E-state index in [1.54, 1.807) is 48.5 Å². The first kappa shape index (κ1) is 17.0. The topological polar surface area (TPSA) is 47.9 Å². The number of ether oxygens (including phenoxy) is 3. The highest BCUT2D eigenvalue weighted by molar-refractivity contribution is 6.18. The lowest BCUT2D eigenvalue weighted by Crippen LogP contribution is -2.18. The normalized spacial score (nSPS) is 11.3. The molecule has 0 saturated carbocycles. The molecule has 120 valence electrons. The maximum Gasteiger partial charge on any atom is 0.148 e. The number of halogens is 1. The van der Waals surface area contributed by atoms with Crippen LogP contribution in [0.15, 0.2) is 48.5 Å². The highest BCUT2D eigenvalue weighted by Crippen LogP contribution is 2.25. The van der Waals surface area contributed by atoms with E-state index in [1.165, 1.54) is 0 Å². The minimum Gasteiger partial charge on any atom is -0.491 e. The molecule has 0 aliphatic heterocycles. The molecule has 4 nitrogen and oxygen atoms in total. The molecule has 0 amide bonds. The first-order chi connectivity index (χ1) is 11.2. The number of aliphatic hydroxyl groups is 1. The zero-order valence-corrected chi connectivity index (χ0v) is 13.2. The number of rotatable bonds is 8. The largest absolute Gasteiger partial charge is 0.491 e. The predicted molar refractivity (Wildman–Crippen MR) is 89.5 cm³/mol. The van der Waals surface area contributed by atoms with E-state index >= 15 is 0 Å². The van der Waals surface area contributed by atoms with Crippen LogP contribution >= 0.6 is 11.6 Å². The van der Waals surface area contributed by atoms with Crippen LogP contribution in [0.2, 0.25) is 0 Å². The second kappa shape index (κ2) is 8.94. The van der Waals surface area contributed by atoms with Gasteiger partial charge in [-0.3, -0.25) is 0 Å². The van der Waals surface area contributed by atoms with Crippen molar-refractivity contribution in [2.24, 2.45) is 0 Å². The van der Waals surface area contributed by atoms with Crippen LogP contribution < -0.4 is 14.2 Å². The van der Waals surface area contributed by atoms with Gasteiger partial charge >= 0.3 is 0 Å². The van der Waals surface area contributed by atoms with Gasteiger partial charge in [0.1, 0.15) is 42.3 Å². The third kappa shape index (κ3) is 5.74. The Balaban J connectivity index is 1.89. The summed E-state index contributed by atoms with van der Waals surface area (Å²) in [5.41, 5.74) is 0. The van der Waals surface area contributed by atoms with Crippen LogP contribution in [-0.4, -0.2) is 30.3 Å². The average molecular weight is 333 g/mol. The van der Waals surface area contributed by atoms with Crippen molar-refractivity contribution in [1.29, 1.82) is 0 Å².